The zero-order valence-electron chi connectivity index (χ0n) is 8.84. The summed E-state index contributed by atoms with van der Waals surface area (Å²) in [5.74, 6) is -1.83. The van der Waals surface area contributed by atoms with Gasteiger partial charge in [0.15, 0.2) is 0 Å². The first-order valence-corrected chi connectivity index (χ1v) is 4.72. The van der Waals surface area contributed by atoms with Gasteiger partial charge in [0, 0.05) is 12.2 Å². The van der Waals surface area contributed by atoms with Crippen molar-refractivity contribution in [3.05, 3.63) is 47.5 Å². The topological polar surface area (TPSA) is 63.6 Å². The second-order valence-electron chi connectivity index (χ2n) is 3.21. The highest BCUT2D eigenvalue weighted by atomic mass is 16.5. The van der Waals surface area contributed by atoms with Gasteiger partial charge in [-0.2, -0.15) is 0 Å². The van der Waals surface area contributed by atoms with E-state index in [1.165, 1.54) is 0 Å². The van der Waals surface area contributed by atoms with E-state index in [-0.39, 0.29) is 6.61 Å². The molecule has 1 aromatic rings. The molecule has 0 atom stereocenters. The molecule has 0 spiro atoms. The van der Waals surface area contributed by atoms with Crippen molar-refractivity contribution in [3.8, 4) is 0 Å². The number of carboxylic acid groups (broad SMARTS) is 1. The molecular formula is C12H12O4. The van der Waals surface area contributed by atoms with Crippen molar-refractivity contribution in [1.82, 2.24) is 0 Å². The smallest absolute Gasteiger partial charge is 0.331 e. The minimum atomic E-state index is -1.17. The number of ether oxygens (including phenoxy) is 1. The van der Waals surface area contributed by atoms with Crippen LogP contribution in [0.4, 0.5) is 0 Å². The van der Waals surface area contributed by atoms with Crippen molar-refractivity contribution in [2.24, 2.45) is 0 Å². The Bertz CT molecular complexity index is 421. The summed E-state index contributed by atoms with van der Waals surface area (Å²) in [4.78, 5) is 21.2. The Hall–Kier alpha value is -2.10. The van der Waals surface area contributed by atoms with Gasteiger partial charge in [0.25, 0.3) is 0 Å². The van der Waals surface area contributed by atoms with Crippen LogP contribution in [0.5, 0.6) is 0 Å². The number of esters is 1. The first kappa shape index (κ1) is 12.0. The quantitative estimate of drug-likeness (QED) is 0.619. The largest absolute Gasteiger partial charge is 0.478 e. The average molecular weight is 220 g/mol. The molecule has 0 amide bonds. The summed E-state index contributed by atoms with van der Waals surface area (Å²) < 4.78 is 4.87. The first-order chi connectivity index (χ1) is 7.59. The number of hydrogen-bond acceptors (Lipinski definition) is 3. The van der Waals surface area contributed by atoms with Crippen LogP contribution in [0.3, 0.4) is 0 Å². The molecule has 0 saturated heterocycles. The summed E-state index contributed by atoms with van der Waals surface area (Å²) in [5, 5.41) is 8.30. The average Bonchev–Trinajstić information content (AvgIpc) is 2.25. The zero-order valence-corrected chi connectivity index (χ0v) is 8.84. The Labute approximate surface area is 93.2 Å². The lowest BCUT2D eigenvalue weighted by Crippen LogP contribution is -2.03. The van der Waals surface area contributed by atoms with Gasteiger partial charge >= 0.3 is 11.9 Å². The van der Waals surface area contributed by atoms with Gasteiger partial charge in [0.2, 0.25) is 0 Å². The van der Waals surface area contributed by atoms with Gasteiger partial charge in [0.05, 0.1) is 0 Å². The minimum absolute atomic E-state index is 0.148. The summed E-state index contributed by atoms with van der Waals surface area (Å²) in [6.45, 7) is 2.06. The number of aliphatic carboxylic acids is 1. The Morgan fingerprint density at radius 3 is 2.62 bits per heavy atom. The molecule has 0 radical (unpaired) electrons. The van der Waals surface area contributed by atoms with Crippen LogP contribution in [0, 0.1) is 6.92 Å². The summed E-state index contributed by atoms with van der Waals surface area (Å²) in [6.07, 6.45) is 1.64. The predicted octanol–water partition coefficient (Wildman–Crippen LogP) is 1.68. The number of benzene rings is 1. The van der Waals surface area contributed by atoms with Gasteiger partial charge < -0.3 is 9.84 Å². The molecule has 4 nitrogen and oxygen atoms in total. The van der Waals surface area contributed by atoms with Crippen molar-refractivity contribution in [2.75, 3.05) is 0 Å². The summed E-state index contributed by atoms with van der Waals surface area (Å²) >= 11 is 0. The van der Waals surface area contributed by atoms with E-state index in [1.54, 1.807) is 0 Å². The molecule has 1 rings (SSSR count). The molecule has 0 heterocycles. The molecule has 4 heteroatoms. The van der Waals surface area contributed by atoms with Crippen LogP contribution in [-0.2, 0) is 20.9 Å². The number of rotatable bonds is 4. The van der Waals surface area contributed by atoms with E-state index in [1.807, 2.05) is 31.2 Å². The molecule has 0 fully saturated rings. The maximum Gasteiger partial charge on any atom is 0.331 e. The number of carboxylic acids is 1. The molecule has 1 N–H and O–H groups in total. The molecule has 84 valence electrons. The fourth-order valence-electron chi connectivity index (χ4n) is 1.11. The third-order valence-electron chi connectivity index (χ3n) is 1.99. The van der Waals surface area contributed by atoms with E-state index in [0.29, 0.717) is 0 Å². The lowest BCUT2D eigenvalue weighted by atomic mass is 10.1. The fraction of sp³-hybridized carbons (Fsp3) is 0.167. The predicted molar refractivity (Wildman–Crippen MR) is 57.8 cm³/mol. The van der Waals surface area contributed by atoms with Gasteiger partial charge in [-0.3, -0.25) is 0 Å². The number of aryl methyl sites for hydroxylation is 1. The minimum Gasteiger partial charge on any atom is -0.478 e. The van der Waals surface area contributed by atoms with Crippen molar-refractivity contribution in [2.45, 2.75) is 13.5 Å². The first-order valence-electron chi connectivity index (χ1n) is 4.72. The Kier molecular flexibility index (Phi) is 4.27. The second-order valence-corrected chi connectivity index (χ2v) is 3.21. The highest BCUT2D eigenvalue weighted by molar-refractivity contribution is 5.90. The third-order valence-corrected chi connectivity index (χ3v) is 1.99. The lowest BCUT2D eigenvalue weighted by molar-refractivity contribution is -0.139. The molecule has 16 heavy (non-hydrogen) atoms. The number of hydrogen-bond donors (Lipinski definition) is 1. The molecule has 0 aliphatic rings. The highest BCUT2D eigenvalue weighted by Crippen LogP contribution is 2.08. The SMILES string of the molecule is Cc1ccccc1COC(=O)/C=C/C(=O)O. The molecule has 1 aromatic carbocycles. The molecule has 0 aliphatic heterocycles. The van der Waals surface area contributed by atoms with Crippen molar-refractivity contribution >= 4 is 11.9 Å². The van der Waals surface area contributed by atoms with Crippen LogP contribution in [0.2, 0.25) is 0 Å². The fourth-order valence-corrected chi connectivity index (χ4v) is 1.11. The maximum atomic E-state index is 11.1. The number of carbonyl (C=O) groups is 2. The molecule has 0 aromatic heterocycles. The van der Waals surface area contributed by atoms with Gasteiger partial charge in [0.1, 0.15) is 6.61 Å². The number of carbonyl (C=O) groups excluding carboxylic acids is 1. The van der Waals surface area contributed by atoms with E-state index in [2.05, 4.69) is 0 Å². The third kappa shape index (κ3) is 3.96. The van der Waals surface area contributed by atoms with Gasteiger partial charge in [-0.15, -0.1) is 0 Å². The van der Waals surface area contributed by atoms with Gasteiger partial charge in [-0.25, -0.2) is 9.59 Å². The second kappa shape index (κ2) is 5.70. The van der Waals surface area contributed by atoms with Crippen molar-refractivity contribution in [1.29, 1.82) is 0 Å². The van der Waals surface area contributed by atoms with Crippen LogP contribution < -0.4 is 0 Å². The Balaban J connectivity index is 2.49. The molecular weight excluding hydrogens is 208 g/mol. The van der Waals surface area contributed by atoms with Crippen LogP contribution in [-0.4, -0.2) is 17.0 Å². The molecule has 0 unspecified atom stereocenters. The lowest BCUT2D eigenvalue weighted by Gasteiger charge is -2.04. The van der Waals surface area contributed by atoms with Crippen LogP contribution in [0.15, 0.2) is 36.4 Å². The van der Waals surface area contributed by atoms with E-state index in [9.17, 15) is 9.59 Å². The maximum absolute atomic E-state index is 11.1. The monoisotopic (exact) mass is 220 g/mol. The van der Waals surface area contributed by atoms with Crippen LogP contribution >= 0.6 is 0 Å². The highest BCUT2D eigenvalue weighted by Gasteiger charge is 2.01. The molecule has 0 aliphatic carbocycles. The standard InChI is InChI=1S/C12H12O4/c1-9-4-2-3-5-10(9)8-16-12(15)7-6-11(13)14/h2-7H,8H2,1H3,(H,13,14)/b7-6+. The van der Waals surface area contributed by atoms with Gasteiger partial charge in [-0.05, 0) is 18.1 Å². The summed E-state index contributed by atoms with van der Waals surface area (Å²) in [6, 6.07) is 7.51. The Morgan fingerprint density at radius 1 is 1.31 bits per heavy atom. The molecule has 0 saturated carbocycles. The zero-order chi connectivity index (χ0) is 12.0. The summed E-state index contributed by atoms with van der Waals surface area (Å²) in [7, 11) is 0. The van der Waals surface area contributed by atoms with Crippen LogP contribution in [0.1, 0.15) is 11.1 Å². The van der Waals surface area contributed by atoms with E-state index < -0.39 is 11.9 Å². The van der Waals surface area contributed by atoms with Crippen molar-refractivity contribution in [3.63, 3.8) is 0 Å². The normalized spacial score (nSPS) is 10.3. The van der Waals surface area contributed by atoms with Gasteiger partial charge in [-0.1, -0.05) is 24.3 Å². The van der Waals surface area contributed by atoms with Crippen molar-refractivity contribution < 1.29 is 19.4 Å². The van der Waals surface area contributed by atoms with E-state index in [4.69, 9.17) is 9.84 Å². The summed E-state index contributed by atoms with van der Waals surface area (Å²) in [5.41, 5.74) is 1.93. The Morgan fingerprint density at radius 2 is 2.00 bits per heavy atom. The van der Waals surface area contributed by atoms with Crippen LogP contribution in [0.25, 0.3) is 0 Å². The van der Waals surface area contributed by atoms with E-state index in [0.717, 1.165) is 23.3 Å². The van der Waals surface area contributed by atoms with E-state index >= 15 is 0 Å². The molecule has 0 bridgehead atoms.